The van der Waals surface area contributed by atoms with Gasteiger partial charge in [0, 0.05) is 13.2 Å². The second kappa shape index (κ2) is 10.0. The number of sulfonamides is 1. The van der Waals surface area contributed by atoms with Crippen LogP contribution in [0.1, 0.15) is 24.8 Å². The van der Waals surface area contributed by atoms with Crippen molar-refractivity contribution in [3.63, 3.8) is 0 Å². The topological polar surface area (TPSA) is 114 Å². The minimum absolute atomic E-state index is 0.0362. The molecule has 2 fully saturated rings. The second-order valence-electron chi connectivity index (χ2n) is 7.31. The normalized spacial score (nSPS) is 16.9. The number of hydrogen-bond acceptors (Lipinski definition) is 6. The van der Waals surface area contributed by atoms with Gasteiger partial charge in [-0.2, -0.15) is 0 Å². The molecule has 0 radical (unpaired) electrons. The Labute approximate surface area is 170 Å². The molecule has 2 aliphatic rings. The van der Waals surface area contributed by atoms with Gasteiger partial charge >= 0.3 is 6.03 Å². The summed E-state index contributed by atoms with van der Waals surface area (Å²) < 4.78 is 37.8. The van der Waals surface area contributed by atoms with Gasteiger partial charge in [0.1, 0.15) is 19.0 Å². The number of carbonyl (C=O) groups excluding carboxylic acids is 2. The molecule has 0 bridgehead atoms. The first-order chi connectivity index (χ1) is 13.9. The maximum atomic E-state index is 12.1. The number of nitrogens with one attached hydrogen (secondary N) is 2. The van der Waals surface area contributed by atoms with Gasteiger partial charge in [0.2, 0.25) is 15.9 Å². The molecule has 1 aliphatic carbocycles. The fraction of sp³-hybridized carbons (Fsp3) is 0.579. The van der Waals surface area contributed by atoms with Crippen LogP contribution >= 0.6 is 0 Å². The quantitative estimate of drug-likeness (QED) is 0.358. The molecule has 10 heteroatoms. The van der Waals surface area contributed by atoms with Gasteiger partial charge in [-0.05, 0) is 49.3 Å². The summed E-state index contributed by atoms with van der Waals surface area (Å²) in [7, 11) is -3.40. The smallest absolute Gasteiger partial charge is 0.326 e. The van der Waals surface area contributed by atoms with E-state index < -0.39 is 16.1 Å². The molecule has 2 N–H and O–H groups in total. The number of urea groups is 1. The van der Waals surface area contributed by atoms with Crippen molar-refractivity contribution in [2.75, 3.05) is 38.8 Å². The highest BCUT2D eigenvalue weighted by molar-refractivity contribution is 7.89. The number of imide groups is 1. The lowest BCUT2D eigenvalue weighted by Gasteiger charge is -2.13. The van der Waals surface area contributed by atoms with E-state index in [-0.39, 0.29) is 31.5 Å². The zero-order chi connectivity index (χ0) is 20.7. The molecule has 3 rings (SSSR count). The van der Waals surface area contributed by atoms with Gasteiger partial charge in [-0.15, -0.1) is 0 Å². The molecule has 1 aliphatic heterocycles. The van der Waals surface area contributed by atoms with Crippen molar-refractivity contribution in [2.45, 2.75) is 25.7 Å². The van der Waals surface area contributed by atoms with Crippen molar-refractivity contribution >= 4 is 22.0 Å². The largest absolute Gasteiger partial charge is 0.493 e. The van der Waals surface area contributed by atoms with Gasteiger partial charge in [0.15, 0.2) is 0 Å². The number of ether oxygens (including phenoxy) is 2. The average molecular weight is 426 g/mol. The van der Waals surface area contributed by atoms with Crippen molar-refractivity contribution in [2.24, 2.45) is 5.92 Å². The van der Waals surface area contributed by atoms with Crippen LogP contribution < -0.4 is 14.8 Å². The fourth-order valence-electron chi connectivity index (χ4n) is 2.83. The molecule has 1 aromatic rings. The van der Waals surface area contributed by atoms with Gasteiger partial charge in [0.05, 0.1) is 12.4 Å². The third-order valence-corrected chi connectivity index (χ3v) is 6.10. The minimum atomic E-state index is -3.40. The van der Waals surface area contributed by atoms with E-state index in [2.05, 4.69) is 10.0 Å². The molecule has 29 heavy (non-hydrogen) atoms. The maximum absolute atomic E-state index is 12.1. The minimum Gasteiger partial charge on any atom is -0.493 e. The van der Waals surface area contributed by atoms with Crippen LogP contribution in [0.5, 0.6) is 5.75 Å². The molecule has 1 saturated carbocycles. The highest BCUT2D eigenvalue weighted by Gasteiger charge is 2.26. The Morgan fingerprint density at radius 1 is 1.24 bits per heavy atom. The number of amides is 3. The van der Waals surface area contributed by atoms with Crippen molar-refractivity contribution < 1.29 is 27.5 Å². The Morgan fingerprint density at radius 3 is 2.79 bits per heavy atom. The van der Waals surface area contributed by atoms with Crippen LogP contribution in [0.25, 0.3) is 0 Å². The van der Waals surface area contributed by atoms with Gasteiger partial charge in [-0.3, -0.25) is 15.0 Å². The van der Waals surface area contributed by atoms with E-state index in [1.807, 2.05) is 24.3 Å². The predicted octanol–water partition coefficient (Wildman–Crippen LogP) is 0.853. The highest BCUT2D eigenvalue weighted by atomic mass is 32.2. The standard InChI is InChI=1S/C19H27N3O6S/c23-18-12-22(19(24)21-18)14-27-9-2-10-29(25,26)20-8-7-15-3-1-4-17(11-15)28-13-16-5-6-16/h1,3-4,11,16,20H,2,5-10,12-14H2,(H,21,23,24). The van der Waals surface area contributed by atoms with E-state index in [1.165, 1.54) is 17.7 Å². The van der Waals surface area contributed by atoms with Crippen LogP contribution in [0, 0.1) is 5.92 Å². The van der Waals surface area contributed by atoms with E-state index in [9.17, 15) is 18.0 Å². The molecule has 0 aromatic heterocycles. The van der Waals surface area contributed by atoms with Gasteiger partial charge in [-0.1, -0.05) is 12.1 Å². The van der Waals surface area contributed by atoms with Crippen molar-refractivity contribution in [3.05, 3.63) is 29.8 Å². The van der Waals surface area contributed by atoms with Crippen molar-refractivity contribution in [1.29, 1.82) is 0 Å². The Kier molecular flexibility index (Phi) is 7.45. The Balaban J connectivity index is 1.29. The Hall–Kier alpha value is -2.17. The molecule has 0 unspecified atom stereocenters. The Morgan fingerprint density at radius 2 is 2.07 bits per heavy atom. The first-order valence-corrected chi connectivity index (χ1v) is 11.4. The van der Waals surface area contributed by atoms with E-state index >= 15 is 0 Å². The molecule has 160 valence electrons. The fourth-order valence-corrected chi connectivity index (χ4v) is 3.88. The number of hydrogen-bond donors (Lipinski definition) is 2. The van der Waals surface area contributed by atoms with Crippen LogP contribution in [0.4, 0.5) is 4.79 Å². The molecule has 1 heterocycles. The summed E-state index contributed by atoms with van der Waals surface area (Å²) in [5, 5.41) is 2.14. The lowest BCUT2D eigenvalue weighted by molar-refractivity contribution is -0.118. The molecular weight excluding hydrogens is 398 g/mol. The van der Waals surface area contributed by atoms with E-state index in [4.69, 9.17) is 9.47 Å². The lowest BCUT2D eigenvalue weighted by Crippen LogP contribution is -2.31. The average Bonchev–Trinajstić information content (AvgIpc) is 3.44. The molecule has 9 nitrogen and oxygen atoms in total. The maximum Gasteiger partial charge on any atom is 0.326 e. The van der Waals surface area contributed by atoms with E-state index in [0.29, 0.717) is 25.3 Å². The molecule has 0 spiro atoms. The summed E-state index contributed by atoms with van der Waals surface area (Å²) in [4.78, 5) is 23.6. The number of carbonyl (C=O) groups is 2. The molecule has 1 saturated heterocycles. The number of nitrogens with zero attached hydrogens (tertiary/aromatic N) is 1. The summed E-state index contributed by atoms with van der Waals surface area (Å²) in [6.07, 6.45) is 3.34. The summed E-state index contributed by atoms with van der Waals surface area (Å²) in [6, 6.07) is 7.23. The molecule has 1 aromatic carbocycles. The lowest BCUT2D eigenvalue weighted by atomic mass is 10.1. The Bertz CT molecular complexity index is 825. The van der Waals surface area contributed by atoms with Crippen LogP contribution in [0.15, 0.2) is 24.3 Å². The van der Waals surface area contributed by atoms with Crippen LogP contribution in [-0.4, -0.2) is 64.0 Å². The first kappa shape index (κ1) is 21.5. The summed E-state index contributed by atoms with van der Waals surface area (Å²) >= 11 is 0. The third kappa shape index (κ3) is 7.64. The zero-order valence-corrected chi connectivity index (χ0v) is 17.1. The van der Waals surface area contributed by atoms with Crippen molar-refractivity contribution in [3.8, 4) is 5.75 Å². The highest BCUT2D eigenvalue weighted by Crippen LogP contribution is 2.29. The van der Waals surface area contributed by atoms with Gasteiger partial charge in [-0.25, -0.2) is 17.9 Å². The molecule has 0 atom stereocenters. The van der Waals surface area contributed by atoms with Crippen LogP contribution in [0.2, 0.25) is 0 Å². The second-order valence-corrected chi connectivity index (χ2v) is 9.23. The summed E-state index contributed by atoms with van der Waals surface area (Å²) in [5.74, 6) is 1.07. The van der Waals surface area contributed by atoms with Gasteiger partial charge in [0.25, 0.3) is 0 Å². The monoisotopic (exact) mass is 425 g/mol. The van der Waals surface area contributed by atoms with E-state index in [1.54, 1.807) is 0 Å². The van der Waals surface area contributed by atoms with E-state index in [0.717, 1.165) is 17.9 Å². The van der Waals surface area contributed by atoms with Crippen molar-refractivity contribution in [1.82, 2.24) is 14.9 Å². The van der Waals surface area contributed by atoms with Crippen LogP contribution in [-0.2, 0) is 26.0 Å². The summed E-state index contributed by atoms with van der Waals surface area (Å²) in [6.45, 7) is 1.16. The number of rotatable bonds is 13. The first-order valence-electron chi connectivity index (χ1n) is 9.77. The zero-order valence-electron chi connectivity index (χ0n) is 16.3. The molecular formula is C19H27N3O6S. The summed E-state index contributed by atoms with van der Waals surface area (Å²) in [5.41, 5.74) is 1.02. The SMILES string of the molecule is O=C1CN(COCCCS(=O)(=O)NCCc2cccc(OCC3CC3)c2)C(=O)N1. The van der Waals surface area contributed by atoms with Gasteiger partial charge < -0.3 is 9.47 Å². The third-order valence-electron chi connectivity index (χ3n) is 4.63. The molecule has 3 amide bonds. The van der Waals surface area contributed by atoms with Crippen LogP contribution in [0.3, 0.4) is 0 Å². The predicted molar refractivity (Wildman–Crippen MR) is 106 cm³/mol. The number of benzene rings is 1.